The van der Waals surface area contributed by atoms with Crippen LogP contribution in [0.1, 0.15) is 37.4 Å². The Hall–Kier alpha value is -1.59. The highest BCUT2D eigenvalue weighted by molar-refractivity contribution is 5.76. The van der Waals surface area contributed by atoms with Crippen LogP contribution in [0.25, 0.3) is 0 Å². The number of amides is 1. The third-order valence-corrected chi connectivity index (χ3v) is 3.99. The molecule has 1 aliphatic heterocycles. The molecule has 0 aromatic heterocycles. The molecule has 1 aromatic carbocycles. The lowest BCUT2D eigenvalue weighted by atomic mass is 10.0. The number of aliphatic hydroxyl groups excluding tert-OH is 1. The van der Waals surface area contributed by atoms with Crippen molar-refractivity contribution < 1.29 is 14.6 Å². The molecule has 2 atom stereocenters. The van der Waals surface area contributed by atoms with Crippen LogP contribution in [0.2, 0.25) is 0 Å². The Kier molecular flexibility index (Phi) is 5.59. The molecular formula is C16H24N2O3. The van der Waals surface area contributed by atoms with E-state index in [-0.39, 0.29) is 11.9 Å². The average Bonchev–Trinajstić information content (AvgIpc) is 2.49. The number of carbonyl (C=O) groups excluding carboxylic acids is 1. The van der Waals surface area contributed by atoms with Gasteiger partial charge in [-0.25, -0.2) is 0 Å². The number of hydrogen-bond donors (Lipinski definition) is 2. The van der Waals surface area contributed by atoms with Gasteiger partial charge in [0.1, 0.15) is 12.4 Å². The summed E-state index contributed by atoms with van der Waals surface area (Å²) in [4.78, 5) is 13.4. The van der Waals surface area contributed by atoms with Crippen LogP contribution in [0.4, 0.5) is 0 Å². The van der Waals surface area contributed by atoms with E-state index < -0.39 is 6.10 Å². The van der Waals surface area contributed by atoms with Gasteiger partial charge in [-0.15, -0.1) is 0 Å². The number of nitrogens with two attached hydrogens (primary N) is 1. The van der Waals surface area contributed by atoms with Crippen LogP contribution in [0, 0.1) is 0 Å². The number of piperidine rings is 1. The van der Waals surface area contributed by atoms with E-state index in [2.05, 4.69) is 0 Å². The second-order valence-corrected chi connectivity index (χ2v) is 5.53. The zero-order valence-electron chi connectivity index (χ0n) is 12.5. The predicted octanol–water partition coefficient (Wildman–Crippen LogP) is 1.46. The number of rotatable bonds is 6. The normalized spacial score (nSPS) is 20.4. The smallest absolute Gasteiger partial charge is 0.222 e. The van der Waals surface area contributed by atoms with Crippen molar-refractivity contribution >= 4 is 5.91 Å². The zero-order valence-corrected chi connectivity index (χ0v) is 12.5. The van der Waals surface area contributed by atoms with Crippen molar-refractivity contribution in [3.63, 3.8) is 0 Å². The van der Waals surface area contributed by atoms with Gasteiger partial charge in [-0.2, -0.15) is 0 Å². The van der Waals surface area contributed by atoms with E-state index in [9.17, 15) is 9.90 Å². The molecule has 5 heteroatoms. The average molecular weight is 292 g/mol. The van der Waals surface area contributed by atoms with Crippen molar-refractivity contribution in [1.82, 2.24) is 4.90 Å². The van der Waals surface area contributed by atoms with Gasteiger partial charge in [0, 0.05) is 13.5 Å². The maximum Gasteiger partial charge on any atom is 0.222 e. The third kappa shape index (κ3) is 4.19. The number of hydrogen-bond acceptors (Lipinski definition) is 4. The molecule has 1 aliphatic rings. The number of aliphatic hydroxyl groups is 1. The molecule has 21 heavy (non-hydrogen) atoms. The van der Waals surface area contributed by atoms with Crippen LogP contribution < -0.4 is 10.5 Å². The van der Waals surface area contributed by atoms with Crippen LogP contribution in [0.3, 0.4) is 0 Å². The summed E-state index contributed by atoms with van der Waals surface area (Å²) in [5, 5.41) is 9.95. The standard InChI is InChI=1S/C16H24N2O3/c1-18-13(5-3-7-16(18)20)11-21-14-6-2-4-12(10-14)15(19)8-9-17/h2,4,6,10,13,15,19H,3,5,7-9,11,17H2,1H3. The Morgan fingerprint density at radius 3 is 3.10 bits per heavy atom. The van der Waals surface area contributed by atoms with Gasteiger partial charge in [0.05, 0.1) is 12.1 Å². The van der Waals surface area contributed by atoms with Crippen LogP contribution in [0.5, 0.6) is 5.75 Å². The zero-order chi connectivity index (χ0) is 15.2. The first-order chi connectivity index (χ1) is 10.1. The number of benzene rings is 1. The van der Waals surface area contributed by atoms with Crippen molar-refractivity contribution in [3.05, 3.63) is 29.8 Å². The fraction of sp³-hybridized carbons (Fsp3) is 0.562. The summed E-state index contributed by atoms with van der Waals surface area (Å²) < 4.78 is 5.80. The minimum atomic E-state index is -0.558. The third-order valence-electron chi connectivity index (χ3n) is 3.99. The van der Waals surface area contributed by atoms with Gasteiger partial charge in [0.2, 0.25) is 5.91 Å². The van der Waals surface area contributed by atoms with E-state index in [1.165, 1.54) is 0 Å². The second-order valence-electron chi connectivity index (χ2n) is 5.53. The number of carbonyl (C=O) groups is 1. The molecule has 1 fully saturated rings. The topological polar surface area (TPSA) is 75.8 Å². The highest BCUT2D eigenvalue weighted by Crippen LogP contribution is 2.23. The molecule has 3 N–H and O–H groups in total. The molecule has 0 aliphatic carbocycles. The van der Waals surface area contributed by atoms with Crippen LogP contribution >= 0.6 is 0 Å². The molecule has 2 rings (SSSR count). The van der Waals surface area contributed by atoms with Crippen LogP contribution in [-0.2, 0) is 4.79 Å². The summed E-state index contributed by atoms with van der Waals surface area (Å²) in [6.45, 7) is 0.930. The van der Waals surface area contributed by atoms with Gasteiger partial charge in [-0.1, -0.05) is 12.1 Å². The summed E-state index contributed by atoms with van der Waals surface area (Å²) in [7, 11) is 1.83. The van der Waals surface area contributed by atoms with Crippen molar-refractivity contribution in [3.8, 4) is 5.75 Å². The Balaban J connectivity index is 1.94. The highest BCUT2D eigenvalue weighted by atomic mass is 16.5. The molecule has 1 aromatic rings. The molecular weight excluding hydrogens is 268 g/mol. The molecule has 0 saturated carbocycles. The highest BCUT2D eigenvalue weighted by Gasteiger charge is 2.25. The number of likely N-dealkylation sites (tertiary alicyclic amines) is 1. The Morgan fingerprint density at radius 1 is 1.52 bits per heavy atom. The number of nitrogens with zero attached hydrogens (tertiary/aromatic N) is 1. The number of ether oxygens (including phenoxy) is 1. The van der Waals surface area contributed by atoms with Crippen molar-refractivity contribution in [2.75, 3.05) is 20.2 Å². The lowest BCUT2D eigenvalue weighted by molar-refractivity contribution is -0.135. The molecule has 2 unspecified atom stereocenters. The molecule has 0 bridgehead atoms. The molecule has 5 nitrogen and oxygen atoms in total. The lowest BCUT2D eigenvalue weighted by Gasteiger charge is -2.32. The summed E-state index contributed by atoms with van der Waals surface area (Å²) in [6.07, 6.45) is 2.50. The Bertz CT molecular complexity index is 478. The summed E-state index contributed by atoms with van der Waals surface area (Å²) >= 11 is 0. The molecule has 1 saturated heterocycles. The van der Waals surface area contributed by atoms with Gasteiger partial charge in [-0.3, -0.25) is 4.79 Å². The first kappa shape index (κ1) is 15.8. The van der Waals surface area contributed by atoms with Gasteiger partial charge in [0.25, 0.3) is 0 Å². The van der Waals surface area contributed by atoms with E-state index in [1.54, 1.807) is 4.90 Å². The maximum atomic E-state index is 11.7. The fourth-order valence-corrected chi connectivity index (χ4v) is 2.59. The van der Waals surface area contributed by atoms with Gasteiger partial charge < -0.3 is 20.5 Å². The molecule has 116 valence electrons. The Morgan fingerprint density at radius 2 is 2.33 bits per heavy atom. The largest absolute Gasteiger partial charge is 0.491 e. The lowest BCUT2D eigenvalue weighted by Crippen LogP contribution is -2.43. The van der Waals surface area contributed by atoms with Crippen molar-refractivity contribution in [2.24, 2.45) is 5.73 Å². The van der Waals surface area contributed by atoms with Crippen molar-refractivity contribution in [1.29, 1.82) is 0 Å². The van der Waals surface area contributed by atoms with Crippen LogP contribution in [-0.4, -0.2) is 42.2 Å². The van der Waals surface area contributed by atoms with E-state index in [4.69, 9.17) is 10.5 Å². The van der Waals surface area contributed by atoms with E-state index in [0.717, 1.165) is 24.2 Å². The summed E-state index contributed by atoms with van der Waals surface area (Å²) in [6, 6.07) is 7.56. The fourth-order valence-electron chi connectivity index (χ4n) is 2.59. The first-order valence-electron chi connectivity index (χ1n) is 7.48. The summed E-state index contributed by atoms with van der Waals surface area (Å²) in [5.74, 6) is 0.900. The maximum absolute atomic E-state index is 11.7. The van der Waals surface area contributed by atoms with Crippen molar-refractivity contribution in [2.45, 2.75) is 37.8 Å². The number of likely N-dealkylation sites (N-methyl/N-ethyl adjacent to an activating group) is 1. The van der Waals surface area contributed by atoms with E-state index in [1.807, 2.05) is 31.3 Å². The summed E-state index contributed by atoms with van der Waals surface area (Å²) in [5.41, 5.74) is 6.27. The monoisotopic (exact) mass is 292 g/mol. The first-order valence-corrected chi connectivity index (χ1v) is 7.48. The predicted molar refractivity (Wildman–Crippen MR) is 81.0 cm³/mol. The van der Waals surface area contributed by atoms with E-state index in [0.29, 0.717) is 26.0 Å². The minimum Gasteiger partial charge on any atom is -0.491 e. The van der Waals surface area contributed by atoms with Gasteiger partial charge in [-0.05, 0) is 43.5 Å². The molecule has 0 radical (unpaired) electrons. The quantitative estimate of drug-likeness (QED) is 0.832. The minimum absolute atomic E-state index is 0.129. The molecule has 1 heterocycles. The van der Waals surface area contributed by atoms with E-state index >= 15 is 0 Å². The Labute approximate surface area is 125 Å². The van der Waals surface area contributed by atoms with Gasteiger partial charge in [0.15, 0.2) is 0 Å². The molecule has 1 amide bonds. The van der Waals surface area contributed by atoms with Gasteiger partial charge >= 0.3 is 0 Å². The second kappa shape index (κ2) is 7.43. The molecule has 0 spiro atoms. The van der Waals surface area contributed by atoms with Crippen LogP contribution in [0.15, 0.2) is 24.3 Å². The SMILES string of the molecule is CN1C(=O)CCCC1COc1cccc(C(O)CCN)c1.